The molecule has 21 heavy (non-hydrogen) atoms. The number of quaternary nitrogens is 1. The van der Waals surface area contributed by atoms with Crippen LogP contribution >= 0.6 is 0 Å². The minimum Gasteiger partial charge on any atom is -0.455 e. The van der Waals surface area contributed by atoms with Crippen molar-refractivity contribution in [2.45, 2.75) is 39.0 Å². The van der Waals surface area contributed by atoms with Crippen LogP contribution < -0.4 is 5.32 Å². The summed E-state index contributed by atoms with van der Waals surface area (Å²) < 4.78 is 5.83. The van der Waals surface area contributed by atoms with Crippen LogP contribution in [0.25, 0.3) is 11.3 Å². The number of rotatable bonds is 6. The second kappa shape index (κ2) is 6.43. The van der Waals surface area contributed by atoms with Gasteiger partial charge in [0.15, 0.2) is 5.76 Å². The number of aliphatic hydroxyl groups excluding tert-OH is 2. The van der Waals surface area contributed by atoms with Gasteiger partial charge in [0.1, 0.15) is 17.8 Å². The lowest BCUT2D eigenvalue weighted by atomic mass is 10.1. The third-order valence-electron chi connectivity index (χ3n) is 3.60. The van der Waals surface area contributed by atoms with E-state index < -0.39 is 6.10 Å². The molecule has 0 radical (unpaired) electrons. The van der Waals surface area contributed by atoms with Crippen LogP contribution in [0.4, 0.5) is 0 Å². The van der Waals surface area contributed by atoms with Crippen molar-refractivity contribution in [1.82, 2.24) is 0 Å². The van der Waals surface area contributed by atoms with E-state index in [0.717, 1.165) is 22.6 Å². The van der Waals surface area contributed by atoms with E-state index in [9.17, 15) is 10.2 Å². The van der Waals surface area contributed by atoms with Gasteiger partial charge in [-0.3, -0.25) is 0 Å². The first-order valence-corrected chi connectivity index (χ1v) is 7.23. The largest absolute Gasteiger partial charge is 0.455 e. The molecule has 1 aromatic carbocycles. The maximum atomic E-state index is 9.51. The molecule has 4 nitrogen and oxygen atoms in total. The Labute approximate surface area is 125 Å². The van der Waals surface area contributed by atoms with Crippen molar-refractivity contribution in [3.63, 3.8) is 0 Å². The van der Waals surface area contributed by atoms with Crippen molar-refractivity contribution in [3.05, 3.63) is 47.7 Å². The molecule has 4 N–H and O–H groups in total. The predicted octanol–water partition coefficient (Wildman–Crippen LogP) is 1.83. The van der Waals surface area contributed by atoms with E-state index in [1.807, 2.05) is 50.2 Å². The van der Waals surface area contributed by atoms with Crippen LogP contribution in [0, 0.1) is 0 Å². The molecule has 0 aliphatic carbocycles. The van der Waals surface area contributed by atoms with Crippen molar-refractivity contribution < 1.29 is 19.9 Å². The highest BCUT2D eigenvalue weighted by Gasteiger charge is 2.20. The standard InChI is InChI=1S/C17H23NO3/c1-12(20)13-4-6-14(7-5-13)16-9-8-15(21-16)10-18-17(2,3)11-19/h4-9,12,18-20H,10-11H2,1-3H3/p+1/t12-/m0/s1. The van der Waals surface area contributed by atoms with Gasteiger partial charge in [-0.15, -0.1) is 0 Å². The second-order valence-electron chi connectivity index (χ2n) is 6.12. The smallest absolute Gasteiger partial charge is 0.158 e. The van der Waals surface area contributed by atoms with E-state index in [1.54, 1.807) is 6.92 Å². The number of nitrogens with two attached hydrogens (primary N) is 1. The first-order chi connectivity index (χ1) is 9.91. The van der Waals surface area contributed by atoms with Gasteiger partial charge in [-0.25, -0.2) is 0 Å². The average Bonchev–Trinajstić information content (AvgIpc) is 2.94. The van der Waals surface area contributed by atoms with Crippen LogP contribution in [0.15, 0.2) is 40.8 Å². The summed E-state index contributed by atoms with van der Waals surface area (Å²) in [5.41, 5.74) is 1.68. The summed E-state index contributed by atoms with van der Waals surface area (Å²) >= 11 is 0. The lowest BCUT2D eigenvalue weighted by Crippen LogP contribution is -2.95. The van der Waals surface area contributed by atoms with Crippen molar-refractivity contribution in [3.8, 4) is 11.3 Å². The number of benzene rings is 1. The summed E-state index contributed by atoms with van der Waals surface area (Å²) in [6.07, 6.45) is -0.457. The molecule has 1 aromatic heterocycles. The summed E-state index contributed by atoms with van der Waals surface area (Å²) in [4.78, 5) is 0. The Morgan fingerprint density at radius 3 is 2.38 bits per heavy atom. The van der Waals surface area contributed by atoms with E-state index >= 15 is 0 Å². The molecule has 0 saturated heterocycles. The molecule has 0 aliphatic rings. The zero-order valence-corrected chi connectivity index (χ0v) is 12.8. The fourth-order valence-corrected chi connectivity index (χ4v) is 2.01. The molecular weight excluding hydrogens is 266 g/mol. The minimum absolute atomic E-state index is 0.126. The van der Waals surface area contributed by atoms with Crippen molar-refractivity contribution in [2.75, 3.05) is 6.61 Å². The van der Waals surface area contributed by atoms with Gasteiger partial charge in [-0.05, 0) is 38.5 Å². The van der Waals surface area contributed by atoms with Crippen molar-refractivity contribution >= 4 is 0 Å². The summed E-state index contributed by atoms with van der Waals surface area (Å²) in [5, 5.41) is 20.8. The van der Waals surface area contributed by atoms with Gasteiger partial charge in [0.2, 0.25) is 0 Å². The van der Waals surface area contributed by atoms with Crippen LogP contribution in [0.2, 0.25) is 0 Å². The minimum atomic E-state index is -0.457. The third kappa shape index (κ3) is 4.17. The maximum absolute atomic E-state index is 9.51. The predicted molar refractivity (Wildman–Crippen MR) is 81.6 cm³/mol. The summed E-state index contributed by atoms with van der Waals surface area (Å²) in [6.45, 7) is 6.55. The van der Waals surface area contributed by atoms with Gasteiger partial charge in [0.05, 0.1) is 12.7 Å². The highest BCUT2D eigenvalue weighted by atomic mass is 16.3. The monoisotopic (exact) mass is 290 g/mol. The SMILES string of the molecule is C[C@H](O)c1ccc(-c2ccc(C[NH2+]C(C)(C)CO)o2)cc1. The molecule has 4 heteroatoms. The maximum Gasteiger partial charge on any atom is 0.158 e. The normalized spacial score (nSPS) is 13.4. The van der Waals surface area contributed by atoms with Crippen LogP contribution in [-0.4, -0.2) is 22.4 Å². The Balaban J connectivity index is 2.05. The Morgan fingerprint density at radius 1 is 1.14 bits per heavy atom. The molecule has 0 spiro atoms. The van der Waals surface area contributed by atoms with Crippen LogP contribution in [0.3, 0.4) is 0 Å². The lowest BCUT2D eigenvalue weighted by molar-refractivity contribution is -0.738. The van der Waals surface area contributed by atoms with Crippen LogP contribution in [0.1, 0.15) is 38.2 Å². The number of hydrogen-bond acceptors (Lipinski definition) is 3. The number of furan rings is 1. The Morgan fingerprint density at radius 2 is 1.81 bits per heavy atom. The highest BCUT2D eigenvalue weighted by Crippen LogP contribution is 2.23. The third-order valence-corrected chi connectivity index (χ3v) is 3.60. The molecule has 2 rings (SSSR count). The van der Waals surface area contributed by atoms with Crippen molar-refractivity contribution in [2.24, 2.45) is 0 Å². The first kappa shape index (κ1) is 15.8. The Kier molecular flexibility index (Phi) is 4.83. The van der Waals surface area contributed by atoms with Gasteiger partial charge >= 0.3 is 0 Å². The molecule has 1 heterocycles. The van der Waals surface area contributed by atoms with Gasteiger partial charge in [-0.2, -0.15) is 0 Å². The fourth-order valence-electron chi connectivity index (χ4n) is 2.01. The van der Waals surface area contributed by atoms with Crippen LogP contribution in [0.5, 0.6) is 0 Å². The van der Waals surface area contributed by atoms with E-state index in [2.05, 4.69) is 5.32 Å². The van der Waals surface area contributed by atoms with Crippen molar-refractivity contribution in [1.29, 1.82) is 0 Å². The molecule has 1 atom stereocenters. The molecule has 114 valence electrons. The quantitative estimate of drug-likeness (QED) is 0.760. The molecular formula is C17H24NO3+. The molecule has 0 unspecified atom stereocenters. The number of aliphatic hydroxyl groups is 2. The van der Waals surface area contributed by atoms with Gasteiger partial charge in [-0.1, -0.05) is 24.3 Å². The van der Waals surface area contributed by atoms with E-state index in [0.29, 0.717) is 6.54 Å². The Bertz CT molecular complexity index is 570. The van der Waals surface area contributed by atoms with Crippen LogP contribution in [-0.2, 0) is 6.54 Å². The summed E-state index contributed by atoms with van der Waals surface area (Å²) in [5.74, 6) is 1.70. The molecule has 2 aromatic rings. The van der Waals surface area contributed by atoms with Gasteiger partial charge in [0, 0.05) is 5.56 Å². The van der Waals surface area contributed by atoms with E-state index in [-0.39, 0.29) is 12.1 Å². The van der Waals surface area contributed by atoms with Gasteiger partial charge in [0.25, 0.3) is 0 Å². The topological polar surface area (TPSA) is 70.2 Å². The highest BCUT2D eigenvalue weighted by molar-refractivity contribution is 5.58. The molecule has 0 amide bonds. The number of hydrogen-bond donors (Lipinski definition) is 3. The van der Waals surface area contributed by atoms with Gasteiger partial charge < -0.3 is 19.9 Å². The Hall–Kier alpha value is -1.62. The van der Waals surface area contributed by atoms with E-state index in [1.165, 1.54) is 0 Å². The average molecular weight is 290 g/mol. The second-order valence-corrected chi connectivity index (χ2v) is 6.12. The molecule has 0 saturated carbocycles. The van der Waals surface area contributed by atoms with E-state index in [4.69, 9.17) is 4.42 Å². The molecule has 0 bridgehead atoms. The zero-order chi connectivity index (χ0) is 15.5. The zero-order valence-electron chi connectivity index (χ0n) is 12.8. The summed E-state index contributed by atoms with van der Waals surface area (Å²) in [7, 11) is 0. The summed E-state index contributed by atoms with van der Waals surface area (Å²) in [6, 6.07) is 11.6. The first-order valence-electron chi connectivity index (χ1n) is 7.23. The molecule has 0 aliphatic heterocycles. The molecule has 0 fully saturated rings. The lowest BCUT2D eigenvalue weighted by Gasteiger charge is -2.18. The fraction of sp³-hybridized carbons (Fsp3) is 0.412.